The molecule has 48 valence electrons. The molecule has 0 unspecified atom stereocenters. The van der Waals surface area contributed by atoms with E-state index in [2.05, 4.69) is 6.07 Å². The quantitative estimate of drug-likeness (QED) is 0.519. The largest absolute Gasteiger partial charge is 0.281 e. The third-order valence-corrected chi connectivity index (χ3v) is 1.95. The monoisotopic (exact) mass is 143 g/mol. The second-order valence-corrected chi connectivity index (χ2v) is 2.67. The molecule has 0 bridgehead atoms. The zero-order valence-corrected chi connectivity index (χ0v) is 5.56. The Hall–Kier alpha value is -0.550. The number of nitrogens with zero attached hydrogens (tertiary/aromatic N) is 1. The van der Waals surface area contributed by atoms with Crippen molar-refractivity contribution in [3.8, 4) is 6.07 Å². The SMILES string of the molecule is N#C[C@H]1C[C@H](C(=O)Cl)C1. The number of hydrogen-bond acceptors (Lipinski definition) is 2. The number of carbonyl (C=O) groups excluding carboxylic acids is 1. The van der Waals surface area contributed by atoms with E-state index in [0.717, 1.165) is 0 Å². The van der Waals surface area contributed by atoms with E-state index in [-0.39, 0.29) is 17.1 Å². The molecule has 3 heteroatoms. The van der Waals surface area contributed by atoms with Crippen molar-refractivity contribution < 1.29 is 4.79 Å². The molecular formula is C6H6ClNO. The molecule has 9 heavy (non-hydrogen) atoms. The van der Waals surface area contributed by atoms with E-state index in [1.54, 1.807) is 0 Å². The molecule has 0 aromatic carbocycles. The van der Waals surface area contributed by atoms with Gasteiger partial charge in [0.25, 0.3) is 0 Å². The van der Waals surface area contributed by atoms with Gasteiger partial charge in [-0.1, -0.05) is 0 Å². The molecule has 1 fully saturated rings. The molecule has 0 atom stereocenters. The van der Waals surface area contributed by atoms with Gasteiger partial charge in [0, 0.05) is 11.8 Å². The Balaban J connectivity index is 2.29. The Morgan fingerprint density at radius 3 is 2.56 bits per heavy atom. The van der Waals surface area contributed by atoms with Crippen LogP contribution < -0.4 is 0 Å². The van der Waals surface area contributed by atoms with Crippen LogP contribution in [-0.2, 0) is 4.79 Å². The van der Waals surface area contributed by atoms with Gasteiger partial charge in [0.15, 0.2) is 0 Å². The van der Waals surface area contributed by atoms with Crippen molar-refractivity contribution in [2.75, 3.05) is 0 Å². The molecule has 1 aliphatic carbocycles. The number of nitriles is 1. The molecule has 0 amide bonds. The van der Waals surface area contributed by atoms with Crippen molar-refractivity contribution in [1.29, 1.82) is 5.26 Å². The van der Waals surface area contributed by atoms with Crippen molar-refractivity contribution >= 4 is 16.8 Å². The van der Waals surface area contributed by atoms with Crippen molar-refractivity contribution in [2.45, 2.75) is 12.8 Å². The molecule has 1 aliphatic rings. The van der Waals surface area contributed by atoms with E-state index in [4.69, 9.17) is 16.9 Å². The maximum Gasteiger partial charge on any atom is 0.224 e. The normalized spacial score (nSPS) is 32.4. The molecule has 0 radical (unpaired) electrons. The first kappa shape index (κ1) is 6.57. The molecule has 0 saturated heterocycles. The average molecular weight is 144 g/mol. The van der Waals surface area contributed by atoms with Gasteiger partial charge in [-0.2, -0.15) is 5.26 Å². The third-order valence-electron chi connectivity index (χ3n) is 1.64. The highest BCUT2D eigenvalue weighted by Gasteiger charge is 2.33. The third kappa shape index (κ3) is 1.22. The summed E-state index contributed by atoms with van der Waals surface area (Å²) in [5.41, 5.74) is 0. The van der Waals surface area contributed by atoms with E-state index in [1.807, 2.05) is 0 Å². The number of carbonyl (C=O) groups is 1. The number of hydrogen-bond donors (Lipinski definition) is 0. The maximum atomic E-state index is 10.3. The van der Waals surface area contributed by atoms with Gasteiger partial charge in [0.1, 0.15) is 0 Å². The molecular weight excluding hydrogens is 138 g/mol. The Labute approximate surface area is 58.4 Å². The van der Waals surface area contributed by atoms with Gasteiger partial charge < -0.3 is 0 Å². The van der Waals surface area contributed by atoms with Crippen LogP contribution in [0.4, 0.5) is 0 Å². The topological polar surface area (TPSA) is 40.9 Å². The molecule has 0 aromatic rings. The van der Waals surface area contributed by atoms with Gasteiger partial charge in [0.2, 0.25) is 5.24 Å². The van der Waals surface area contributed by atoms with Gasteiger partial charge in [-0.05, 0) is 24.4 Å². The Morgan fingerprint density at radius 1 is 1.67 bits per heavy atom. The minimum atomic E-state index is -0.290. The zero-order chi connectivity index (χ0) is 6.85. The number of rotatable bonds is 1. The summed E-state index contributed by atoms with van der Waals surface area (Å²) in [7, 11) is 0. The van der Waals surface area contributed by atoms with Crippen LogP contribution in [0.25, 0.3) is 0 Å². The lowest BCUT2D eigenvalue weighted by molar-refractivity contribution is -0.118. The summed E-state index contributed by atoms with van der Waals surface area (Å²) in [6, 6.07) is 2.08. The van der Waals surface area contributed by atoms with Crippen molar-refractivity contribution in [3.63, 3.8) is 0 Å². The standard InChI is InChI=1S/C6H6ClNO/c7-6(9)5-1-4(2-5)3-8/h4-5H,1-2H2/t4-,5-. The van der Waals surface area contributed by atoms with E-state index < -0.39 is 0 Å². The fourth-order valence-electron chi connectivity index (χ4n) is 0.909. The Kier molecular flexibility index (Phi) is 1.73. The first-order valence-electron chi connectivity index (χ1n) is 2.83. The summed E-state index contributed by atoms with van der Waals surface area (Å²) in [4.78, 5) is 10.3. The van der Waals surface area contributed by atoms with Gasteiger partial charge >= 0.3 is 0 Å². The highest BCUT2D eigenvalue weighted by molar-refractivity contribution is 6.64. The fraction of sp³-hybridized carbons (Fsp3) is 0.667. The first-order valence-corrected chi connectivity index (χ1v) is 3.21. The summed E-state index contributed by atoms with van der Waals surface area (Å²) in [5.74, 6) is 0.0500. The van der Waals surface area contributed by atoms with Crippen molar-refractivity contribution in [2.24, 2.45) is 11.8 Å². The van der Waals surface area contributed by atoms with Crippen LogP contribution in [0.2, 0.25) is 0 Å². The van der Waals surface area contributed by atoms with Crippen LogP contribution in [0.1, 0.15) is 12.8 Å². The highest BCUT2D eigenvalue weighted by Crippen LogP contribution is 2.34. The predicted molar refractivity (Wildman–Crippen MR) is 32.7 cm³/mol. The van der Waals surface area contributed by atoms with Crippen LogP contribution in [0.15, 0.2) is 0 Å². The molecule has 0 heterocycles. The van der Waals surface area contributed by atoms with Crippen LogP contribution in [0, 0.1) is 23.2 Å². The maximum absolute atomic E-state index is 10.3. The molecule has 0 spiro atoms. The summed E-state index contributed by atoms with van der Waals surface area (Å²) in [5, 5.41) is 7.99. The lowest BCUT2D eigenvalue weighted by Gasteiger charge is -2.26. The fourth-order valence-corrected chi connectivity index (χ4v) is 1.09. The Bertz CT molecular complexity index is 166. The van der Waals surface area contributed by atoms with Gasteiger partial charge in [-0.3, -0.25) is 4.79 Å². The predicted octanol–water partition coefficient (Wildman–Crippen LogP) is 1.30. The average Bonchev–Trinajstić information content (AvgIpc) is 1.61. The van der Waals surface area contributed by atoms with Crippen LogP contribution in [0.5, 0.6) is 0 Å². The van der Waals surface area contributed by atoms with E-state index in [9.17, 15) is 4.79 Å². The Morgan fingerprint density at radius 2 is 2.22 bits per heavy atom. The minimum Gasteiger partial charge on any atom is -0.281 e. The zero-order valence-electron chi connectivity index (χ0n) is 4.80. The summed E-state index contributed by atoms with van der Waals surface area (Å²) < 4.78 is 0. The second-order valence-electron chi connectivity index (χ2n) is 2.30. The van der Waals surface area contributed by atoms with E-state index in [0.29, 0.717) is 12.8 Å². The van der Waals surface area contributed by atoms with E-state index in [1.165, 1.54) is 0 Å². The summed E-state index contributed by atoms with van der Waals surface area (Å²) >= 11 is 5.15. The second kappa shape index (κ2) is 2.36. The lowest BCUT2D eigenvalue weighted by atomic mass is 9.77. The molecule has 0 aromatic heterocycles. The molecule has 1 rings (SSSR count). The minimum absolute atomic E-state index is 0.0312. The van der Waals surface area contributed by atoms with Gasteiger partial charge in [-0.15, -0.1) is 0 Å². The van der Waals surface area contributed by atoms with Crippen LogP contribution in [-0.4, -0.2) is 5.24 Å². The van der Waals surface area contributed by atoms with Crippen molar-refractivity contribution in [3.05, 3.63) is 0 Å². The molecule has 0 aliphatic heterocycles. The van der Waals surface area contributed by atoms with Crippen LogP contribution in [0.3, 0.4) is 0 Å². The molecule has 1 saturated carbocycles. The summed E-state index contributed by atoms with van der Waals surface area (Å²) in [6.07, 6.45) is 1.33. The first-order chi connectivity index (χ1) is 4.24. The van der Waals surface area contributed by atoms with Gasteiger partial charge in [-0.25, -0.2) is 0 Å². The van der Waals surface area contributed by atoms with Crippen LogP contribution >= 0.6 is 11.6 Å². The lowest BCUT2D eigenvalue weighted by Crippen LogP contribution is -2.26. The van der Waals surface area contributed by atoms with E-state index >= 15 is 0 Å². The smallest absolute Gasteiger partial charge is 0.224 e. The number of halogens is 1. The summed E-state index contributed by atoms with van der Waals surface area (Å²) in [6.45, 7) is 0. The highest BCUT2D eigenvalue weighted by atomic mass is 35.5. The van der Waals surface area contributed by atoms with Crippen molar-refractivity contribution in [1.82, 2.24) is 0 Å². The molecule has 0 N–H and O–H groups in total. The van der Waals surface area contributed by atoms with Gasteiger partial charge in [0.05, 0.1) is 6.07 Å². The molecule has 2 nitrogen and oxygen atoms in total.